The highest BCUT2D eigenvalue weighted by molar-refractivity contribution is 7.99. The number of aryl methyl sites for hydroxylation is 2. The molecule has 4 aromatic rings. The highest BCUT2D eigenvalue weighted by Crippen LogP contribution is 2.24. The van der Waals surface area contributed by atoms with Crippen molar-refractivity contribution in [2.45, 2.75) is 32.5 Å². The van der Waals surface area contributed by atoms with E-state index in [-0.39, 0.29) is 5.78 Å². The maximum atomic E-state index is 13.0. The van der Waals surface area contributed by atoms with Crippen molar-refractivity contribution in [3.05, 3.63) is 95.1 Å². The average Bonchev–Trinajstić information content (AvgIpc) is 3.27. The maximum Gasteiger partial charge on any atom is 0.196 e. The van der Waals surface area contributed by atoms with Crippen molar-refractivity contribution in [3.63, 3.8) is 0 Å². The number of carbonyl (C=O) groups is 1. The van der Waals surface area contributed by atoms with Crippen LogP contribution in [0.5, 0.6) is 0 Å². The first-order valence-electron chi connectivity index (χ1n) is 9.88. The first kappa shape index (κ1) is 20.2. The summed E-state index contributed by atoms with van der Waals surface area (Å²) in [7, 11) is 0. The Hall–Kier alpha value is -3.12. The molecule has 0 aliphatic carbocycles. The number of hydrogen-bond acceptors (Lipinski definition) is 4. The Morgan fingerprint density at radius 3 is 2.30 bits per heavy atom. The van der Waals surface area contributed by atoms with Crippen molar-refractivity contribution in [2.24, 2.45) is 0 Å². The van der Waals surface area contributed by atoms with Crippen molar-refractivity contribution in [1.29, 1.82) is 0 Å². The molecule has 0 saturated heterocycles. The van der Waals surface area contributed by atoms with Crippen LogP contribution in [0.4, 0.5) is 0 Å². The molecule has 4 rings (SSSR count). The van der Waals surface area contributed by atoms with E-state index in [2.05, 4.69) is 33.8 Å². The van der Waals surface area contributed by atoms with Crippen molar-refractivity contribution >= 4 is 17.5 Å². The molecule has 0 radical (unpaired) electrons. The Kier molecular flexibility index (Phi) is 5.86. The van der Waals surface area contributed by atoms with Crippen LogP contribution in [-0.2, 0) is 6.54 Å². The Morgan fingerprint density at radius 1 is 0.933 bits per heavy atom. The Labute approximate surface area is 180 Å². The zero-order chi connectivity index (χ0) is 21.1. The molecule has 0 spiro atoms. The molecule has 152 valence electrons. The number of aromatic nitrogens is 4. The summed E-state index contributed by atoms with van der Waals surface area (Å²) in [4.78, 5) is 13.0. The molecule has 2 aromatic heterocycles. The third-order valence-corrected chi connectivity index (χ3v) is 6.13. The molecule has 0 atom stereocenters. The predicted molar refractivity (Wildman–Crippen MR) is 121 cm³/mol. The number of para-hydroxylation sites is 1. The fraction of sp³-hybridized carbons (Fsp3) is 0.208. The molecule has 6 heteroatoms. The molecule has 5 nitrogen and oxygen atoms in total. The van der Waals surface area contributed by atoms with E-state index < -0.39 is 0 Å². The summed E-state index contributed by atoms with van der Waals surface area (Å²) in [6, 6.07) is 22.3. The smallest absolute Gasteiger partial charge is 0.196 e. The molecule has 0 N–H and O–H groups in total. The van der Waals surface area contributed by atoms with Crippen molar-refractivity contribution in [1.82, 2.24) is 19.3 Å². The van der Waals surface area contributed by atoms with Crippen LogP contribution >= 0.6 is 11.8 Å². The number of Topliss-reactive ketones (excluding diaryl/α,β-unsaturated/α-hetero) is 1. The number of carbonyl (C=O) groups excluding carboxylic acids is 1. The molecule has 0 bridgehead atoms. The lowest BCUT2D eigenvalue weighted by atomic mass is 10.2. The van der Waals surface area contributed by atoms with Crippen LogP contribution in [0.25, 0.3) is 5.69 Å². The first-order chi connectivity index (χ1) is 14.5. The van der Waals surface area contributed by atoms with Gasteiger partial charge in [-0.15, -0.1) is 10.2 Å². The number of thioether (sulfide) groups is 1. The van der Waals surface area contributed by atoms with Gasteiger partial charge in [0.15, 0.2) is 10.9 Å². The number of nitrogens with zero attached hydrogens (tertiary/aromatic N) is 4. The normalized spacial score (nSPS) is 11.0. The van der Waals surface area contributed by atoms with Crippen LogP contribution in [0.15, 0.2) is 71.9 Å². The van der Waals surface area contributed by atoms with E-state index in [1.807, 2.05) is 73.0 Å². The summed E-state index contributed by atoms with van der Waals surface area (Å²) in [5.41, 5.74) is 5.09. The second-order valence-electron chi connectivity index (χ2n) is 7.27. The fourth-order valence-electron chi connectivity index (χ4n) is 3.61. The van der Waals surface area contributed by atoms with Crippen LogP contribution in [0.2, 0.25) is 0 Å². The van der Waals surface area contributed by atoms with E-state index in [0.29, 0.717) is 5.75 Å². The molecular formula is C24H24N4OS. The van der Waals surface area contributed by atoms with Crippen molar-refractivity contribution in [3.8, 4) is 5.69 Å². The molecule has 0 unspecified atom stereocenters. The lowest BCUT2D eigenvalue weighted by molar-refractivity contribution is 0.102. The number of hydrogen-bond donors (Lipinski definition) is 0. The zero-order valence-corrected chi connectivity index (χ0v) is 18.2. The first-order valence-corrected chi connectivity index (χ1v) is 10.9. The van der Waals surface area contributed by atoms with Gasteiger partial charge in [0, 0.05) is 29.2 Å². The van der Waals surface area contributed by atoms with Gasteiger partial charge in [0.1, 0.15) is 5.82 Å². The van der Waals surface area contributed by atoms with Gasteiger partial charge in [-0.1, -0.05) is 60.3 Å². The van der Waals surface area contributed by atoms with Gasteiger partial charge in [0.2, 0.25) is 0 Å². The molecule has 0 fully saturated rings. The average molecular weight is 417 g/mol. The molecule has 0 amide bonds. The lowest BCUT2D eigenvalue weighted by Crippen LogP contribution is -2.08. The van der Waals surface area contributed by atoms with Gasteiger partial charge < -0.3 is 4.57 Å². The molecule has 30 heavy (non-hydrogen) atoms. The summed E-state index contributed by atoms with van der Waals surface area (Å²) in [5.74, 6) is 1.23. The standard InChI is InChI=1S/C24H24N4OS/c1-17-14-22(18(2)27(17)15-20-10-6-4-7-11-20)23(29)16-30-24-26-25-19(3)28(24)21-12-8-5-9-13-21/h4-14H,15-16H2,1-3H3. The van der Waals surface area contributed by atoms with Crippen molar-refractivity contribution < 1.29 is 4.79 Å². The summed E-state index contributed by atoms with van der Waals surface area (Å²) in [6.45, 7) is 6.75. The lowest BCUT2D eigenvalue weighted by Gasteiger charge is -2.10. The van der Waals surface area contributed by atoms with Gasteiger partial charge in [-0.25, -0.2) is 0 Å². The predicted octanol–water partition coefficient (Wildman–Crippen LogP) is 5.02. The highest BCUT2D eigenvalue weighted by Gasteiger charge is 2.18. The van der Waals surface area contributed by atoms with Crippen LogP contribution in [0.3, 0.4) is 0 Å². The Morgan fingerprint density at radius 2 is 1.60 bits per heavy atom. The summed E-state index contributed by atoms with van der Waals surface area (Å²) >= 11 is 1.42. The van der Waals surface area contributed by atoms with Gasteiger partial charge in [-0.2, -0.15) is 0 Å². The topological polar surface area (TPSA) is 52.7 Å². The van der Waals surface area contributed by atoms with Crippen LogP contribution < -0.4 is 0 Å². The van der Waals surface area contributed by atoms with E-state index in [4.69, 9.17) is 0 Å². The molecular weight excluding hydrogens is 392 g/mol. The minimum atomic E-state index is 0.104. The Balaban J connectivity index is 1.52. The summed E-state index contributed by atoms with van der Waals surface area (Å²) in [6.07, 6.45) is 0. The second kappa shape index (κ2) is 8.71. The quantitative estimate of drug-likeness (QED) is 0.314. The summed E-state index contributed by atoms with van der Waals surface area (Å²) < 4.78 is 4.18. The Bertz CT molecular complexity index is 1160. The number of benzene rings is 2. The zero-order valence-electron chi connectivity index (χ0n) is 17.4. The van der Waals surface area contributed by atoms with Crippen molar-refractivity contribution in [2.75, 3.05) is 5.75 Å². The number of rotatable bonds is 7. The second-order valence-corrected chi connectivity index (χ2v) is 8.21. The number of ketones is 1. The van der Waals surface area contributed by atoms with Gasteiger partial charge in [-0.3, -0.25) is 9.36 Å². The van der Waals surface area contributed by atoms with Gasteiger partial charge in [-0.05, 0) is 44.5 Å². The van der Waals surface area contributed by atoms with E-state index in [1.54, 1.807) is 0 Å². The van der Waals surface area contributed by atoms with Gasteiger partial charge in [0.25, 0.3) is 0 Å². The maximum absolute atomic E-state index is 13.0. The minimum absolute atomic E-state index is 0.104. The molecule has 2 aromatic carbocycles. The molecule has 0 aliphatic heterocycles. The minimum Gasteiger partial charge on any atom is -0.344 e. The van der Waals surface area contributed by atoms with E-state index in [9.17, 15) is 4.79 Å². The molecule has 2 heterocycles. The fourth-order valence-corrected chi connectivity index (χ4v) is 4.49. The van der Waals surface area contributed by atoms with E-state index in [1.165, 1.54) is 17.3 Å². The van der Waals surface area contributed by atoms with Crippen LogP contribution in [0, 0.1) is 20.8 Å². The monoisotopic (exact) mass is 416 g/mol. The van der Waals surface area contributed by atoms with Crippen LogP contribution in [0.1, 0.15) is 33.1 Å². The third kappa shape index (κ3) is 4.09. The highest BCUT2D eigenvalue weighted by atomic mass is 32.2. The van der Waals surface area contributed by atoms with E-state index >= 15 is 0 Å². The largest absolute Gasteiger partial charge is 0.344 e. The molecule has 0 saturated carbocycles. The van der Waals surface area contributed by atoms with Gasteiger partial charge >= 0.3 is 0 Å². The van der Waals surface area contributed by atoms with Crippen LogP contribution in [-0.4, -0.2) is 30.9 Å². The van der Waals surface area contributed by atoms with Gasteiger partial charge in [0.05, 0.1) is 5.75 Å². The summed E-state index contributed by atoms with van der Waals surface area (Å²) in [5, 5.41) is 9.21. The van der Waals surface area contributed by atoms with E-state index in [0.717, 1.165) is 40.2 Å². The third-order valence-electron chi connectivity index (χ3n) is 5.20. The molecule has 0 aliphatic rings. The SMILES string of the molecule is Cc1cc(C(=O)CSc2nnc(C)n2-c2ccccc2)c(C)n1Cc1ccccc1.